The first kappa shape index (κ1) is 27.2. The highest BCUT2D eigenvalue weighted by atomic mass is 16.8. The fourth-order valence-corrected chi connectivity index (χ4v) is 4.35. The first-order valence-corrected chi connectivity index (χ1v) is 13.0. The van der Waals surface area contributed by atoms with E-state index in [0.717, 1.165) is 60.8 Å². The number of carbonyl (C=O) groups is 1. The second-order valence-corrected chi connectivity index (χ2v) is 9.15. The van der Waals surface area contributed by atoms with E-state index in [-0.39, 0.29) is 12.2 Å². The summed E-state index contributed by atoms with van der Waals surface area (Å²) in [7, 11) is 3.56. The molecule has 2 heterocycles. The molecule has 1 aliphatic heterocycles. The van der Waals surface area contributed by atoms with Crippen LogP contribution in [0.15, 0.2) is 48.5 Å². The number of amides is 1. The van der Waals surface area contributed by atoms with E-state index in [0.29, 0.717) is 36.8 Å². The topological polar surface area (TPSA) is 106 Å². The lowest BCUT2D eigenvalue weighted by Crippen LogP contribution is -2.32. The Bertz CT molecular complexity index is 1270. The molecule has 9 heteroatoms. The van der Waals surface area contributed by atoms with Crippen molar-refractivity contribution >= 4 is 28.2 Å². The molecule has 0 radical (unpaired) electrons. The molecule has 3 aromatic rings. The van der Waals surface area contributed by atoms with Gasteiger partial charge in [0.2, 0.25) is 5.91 Å². The van der Waals surface area contributed by atoms with Crippen molar-refractivity contribution in [2.75, 3.05) is 32.3 Å². The number of ether oxygens (including phenoxy) is 3. The van der Waals surface area contributed by atoms with Crippen molar-refractivity contribution < 1.29 is 23.8 Å². The molecule has 0 bridgehead atoms. The summed E-state index contributed by atoms with van der Waals surface area (Å²) in [4.78, 5) is 23.7. The summed E-state index contributed by atoms with van der Waals surface area (Å²) in [5.41, 5.74) is 5.38. The zero-order valence-electron chi connectivity index (χ0n) is 21.9. The number of para-hydroxylation sites is 1. The van der Waals surface area contributed by atoms with Gasteiger partial charge < -0.3 is 19.1 Å². The number of hydroxylamine groups is 1. The molecular weight excluding hydrogens is 484 g/mol. The van der Waals surface area contributed by atoms with Crippen molar-refractivity contribution in [2.45, 2.75) is 51.2 Å². The zero-order valence-corrected chi connectivity index (χ0v) is 21.9. The minimum atomic E-state index is -0.337. The summed E-state index contributed by atoms with van der Waals surface area (Å²) < 4.78 is 17.0. The number of hydrogen-bond acceptors (Lipinski definition) is 8. The van der Waals surface area contributed by atoms with Crippen molar-refractivity contribution in [1.29, 1.82) is 5.26 Å². The number of nitrogens with one attached hydrogen (secondary N) is 1. The molecule has 4 rings (SSSR count). The number of benzene rings is 2. The number of methoxy groups -OCH3 is 1. The maximum Gasteiger partial charge on any atom is 0.243 e. The molecule has 1 amide bonds. The number of hydrogen-bond donors (Lipinski definition) is 1. The van der Waals surface area contributed by atoms with Crippen LogP contribution in [0.4, 0.5) is 11.4 Å². The van der Waals surface area contributed by atoms with Gasteiger partial charge in [-0.2, -0.15) is 5.26 Å². The van der Waals surface area contributed by atoms with Crippen molar-refractivity contribution in [2.24, 2.45) is 0 Å². The van der Waals surface area contributed by atoms with Crippen LogP contribution in [0.25, 0.3) is 10.9 Å². The third-order valence-corrected chi connectivity index (χ3v) is 6.45. The Morgan fingerprint density at radius 3 is 2.82 bits per heavy atom. The van der Waals surface area contributed by atoms with E-state index in [1.807, 2.05) is 54.4 Å². The SMILES string of the molecule is COc1ccc(N(C)c2cc(C#N)nc3ccccc23)cc1OCCCCCC(=O)NOC1CCCCO1. The fraction of sp³-hybridized carbons (Fsp3) is 0.414. The number of anilines is 2. The van der Waals surface area contributed by atoms with Gasteiger partial charge in [-0.3, -0.25) is 4.79 Å². The van der Waals surface area contributed by atoms with Gasteiger partial charge in [0.15, 0.2) is 17.8 Å². The van der Waals surface area contributed by atoms with E-state index < -0.39 is 0 Å². The summed E-state index contributed by atoms with van der Waals surface area (Å²) >= 11 is 0. The van der Waals surface area contributed by atoms with E-state index in [2.05, 4.69) is 16.5 Å². The molecule has 1 unspecified atom stereocenters. The first-order chi connectivity index (χ1) is 18.6. The van der Waals surface area contributed by atoms with Crippen molar-refractivity contribution in [3.63, 3.8) is 0 Å². The molecule has 0 spiro atoms. The average Bonchev–Trinajstić information content (AvgIpc) is 2.97. The Morgan fingerprint density at radius 2 is 2.03 bits per heavy atom. The molecule has 1 fully saturated rings. The van der Waals surface area contributed by atoms with Gasteiger partial charge in [-0.25, -0.2) is 15.3 Å². The average molecular weight is 519 g/mol. The maximum absolute atomic E-state index is 12.0. The summed E-state index contributed by atoms with van der Waals surface area (Å²) in [6.07, 6.45) is 5.32. The van der Waals surface area contributed by atoms with Gasteiger partial charge in [-0.05, 0) is 56.4 Å². The van der Waals surface area contributed by atoms with Crippen LogP contribution in [0.5, 0.6) is 11.5 Å². The standard InChI is InChI=1S/C29H34N4O5/c1-33(25-18-21(20-30)31-24-11-6-5-10-23(24)25)22-14-15-26(35-2)27(19-22)36-16-8-3-4-12-28(34)32-38-29-13-7-9-17-37-29/h5-6,10-11,14-15,18-19,29H,3-4,7-9,12-13,16-17H2,1-2H3,(H,32,34). The summed E-state index contributed by atoms with van der Waals surface area (Å²) in [5.74, 6) is 1.14. The van der Waals surface area contributed by atoms with Crippen LogP contribution in [0, 0.1) is 11.3 Å². The lowest BCUT2D eigenvalue weighted by Gasteiger charge is -2.23. The van der Waals surface area contributed by atoms with Gasteiger partial charge in [0.25, 0.3) is 0 Å². The predicted octanol–water partition coefficient (Wildman–Crippen LogP) is 5.40. The molecule has 200 valence electrons. The summed E-state index contributed by atoms with van der Waals surface area (Å²) in [6.45, 7) is 1.17. The van der Waals surface area contributed by atoms with E-state index in [1.165, 1.54) is 0 Å². The quantitative estimate of drug-likeness (QED) is 0.251. The number of carbonyl (C=O) groups excluding carboxylic acids is 1. The minimum Gasteiger partial charge on any atom is -0.493 e. The lowest BCUT2D eigenvalue weighted by molar-refractivity contribution is -0.200. The minimum absolute atomic E-state index is 0.138. The number of nitriles is 1. The summed E-state index contributed by atoms with van der Waals surface area (Å²) in [5, 5.41) is 10.4. The number of unbranched alkanes of at least 4 members (excludes halogenated alkanes) is 2. The second-order valence-electron chi connectivity index (χ2n) is 9.15. The Kier molecular flexibility index (Phi) is 9.73. The molecule has 9 nitrogen and oxygen atoms in total. The van der Waals surface area contributed by atoms with Gasteiger partial charge in [-0.15, -0.1) is 0 Å². The van der Waals surface area contributed by atoms with Crippen molar-refractivity contribution in [1.82, 2.24) is 10.5 Å². The van der Waals surface area contributed by atoms with Crippen LogP contribution in [-0.4, -0.2) is 44.6 Å². The molecule has 1 atom stereocenters. The van der Waals surface area contributed by atoms with Crippen LogP contribution < -0.4 is 19.9 Å². The van der Waals surface area contributed by atoms with Crippen LogP contribution in [-0.2, 0) is 14.4 Å². The molecule has 1 aliphatic rings. The molecule has 1 aromatic heterocycles. The molecule has 1 saturated heterocycles. The molecular formula is C29H34N4O5. The molecule has 0 saturated carbocycles. The molecule has 38 heavy (non-hydrogen) atoms. The number of nitrogens with zero attached hydrogens (tertiary/aromatic N) is 3. The zero-order chi connectivity index (χ0) is 26.7. The third kappa shape index (κ3) is 7.12. The highest BCUT2D eigenvalue weighted by molar-refractivity contribution is 5.94. The van der Waals surface area contributed by atoms with E-state index in [4.69, 9.17) is 19.0 Å². The second kappa shape index (κ2) is 13.6. The number of fused-ring (bicyclic) bond motifs is 1. The molecule has 2 aromatic carbocycles. The third-order valence-electron chi connectivity index (χ3n) is 6.45. The number of rotatable bonds is 12. The number of pyridine rings is 1. The van der Waals surface area contributed by atoms with Gasteiger partial charge in [-0.1, -0.05) is 18.2 Å². The highest BCUT2D eigenvalue weighted by Gasteiger charge is 2.16. The van der Waals surface area contributed by atoms with Crippen molar-refractivity contribution in [3.05, 3.63) is 54.2 Å². The van der Waals surface area contributed by atoms with Crippen LogP contribution in [0.1, 0.15) is 50.6 Å². The monoisotopic (exact) mass is 518 g/mol. The Hall–Kier alpha value is -3.87. The molecule has 0 aliphatic carbocycles. The van der Waals surface area contributed by atoms with Gasteiger partial charge in [0.1, 0.15) is 11.8 Å². The maximum atomic E-state index is 12.0. The largest absolute Gasteiger partial charge is 0.493 e. The van der Waals surface area contributed by atoms with Gasteiger partial charge in [0.05, 0.1) is 24.9 Å². The highest BCUT2D eigenvalue weighted by Crippen LogP contribution is 2.36. The van der Waals surface area contributed by atoms with Gasteiger partial charge in [0, 0.05) is 43.6 Å². The number of aromatic nitrogens is 1. The van der Waals surface area contributed by atoms with Crippen LogP contribution in [0.3, 0.4) is 0 Å². The van der Waals surface area contributed by atoms with E-state index in [9.17, 15) is 10.1 Å². The summed E-state index contributed by atoms with van der Waals surface area (Å²) in [6, 6.07) is 17.4. The van der Waals surface area contributed by atoms with Crippen LogP contribution >= 0.6 is 0 Å². The van der Waals surface area contributed by atoms with Crippen molar-refractivity contribution in [3.8, 4) is 17.6 Å². The van der Waals surface area contributed by atoms with E-state index >= 15 is 0 Å². The molecule has 1 N–H and O–H groups in total. The normalized spacial score (nSPS) is 15.0. The predicted molar refractivity (Wildman–Crippen MR) is 144 cm³/mol. The lowest BCUT2D eigenvalue weighted by atomic mass is 10.1. The first-order valence-electron chi connectivity index (χ1n) is 13.0. The fourth-order valence-electron chi connectivity index (χ4n) is 4.35. The Labute approximate surface area is 223 Å². The van der Waals surface area contributed by atoms with Crippen LogP contribution in [0.2, 0.25) is 0 Å². The smallest absolute Gasteiger partial charge is 0.243 e. The van der Waals surface area contributed by atoms with E-state index in [1.54, 1.807) is 13.2 Å². The Balaban J connectivity index is 1.30. The Morgan fingerprint density at radius 1 is 1.16 bits per heavy atom. The van der Waals surface area contributed by atoms with Gasteiger partial charge >= 0.3 is 0 Å².